The molecular weight excluding hydrogens is 438 g/mol. The van der Waals surface area contributed by atoms with Gasteiger partial charge < -0.3 is 20.1 Å². The van der Waals surface area contributed by atoms with E-state index >= 15 is 0 Å². The number of nitrogens with one attached hydrogen (secondary N) is 2. The lowest BCUT2D eigenvalue weighted by molar-refractivity contribution is -0.113. The maximum absolute atomic E-state index is 13.6. The van der Waals surface area contributed by atoms with Crippen molar-refractivity contribution in [3.8, 4) is 11.5 Å². The summed E-state index contributed by atoms with van der Waals surface area (Å²) in [5.74, 6) is 2.58. The average molecular weight is 466 g/mol. The number of fused-ring (bicyclic) bond motifs is 1. The van der Waals surface area contributed by atoms with Gasteiger partial charge in [0.2, 0.25) is 11.1 Å². The molecule has 4 rings (SSSR count). The highest BCUT2D eigenvalue weighted by Crippen LogP contribution is 2.37. The molecule has 0 aliphatic carbocycles. The maximum Gasteiger partial charge on any atom is 0.255 e. The van der Waals surface area contributed by atoms with Crippen molar-refractivity contribution in [3.05, 3.63) is 65.4 Å². The Morgan fingerprint density at radius 2 is 1.94 bits per heavy atom. The molecule has 33 heavy (non-hydrogen) atoms. The number of aromatic nitrogens is 3. The third-order valence-corrected chi connectivity index (χ3v) is 5.93. The molecule has 8 nitrogen and oxygen atoms in total. The summed E-state index contributed by atoms with van der Waals surface area (Å²) in [7, 11) is 1.58. The summed E-state index contributed by atoms with van der Waals surface area (Å²) in [6.45, 7) is 6.46. The van der Waals surface area contributed by atoms with Gasteiger partial charge in [-0.25, -0.2) is 4.68 Å². The SMILES string of the molecule is CCOc1ccc(C2C(C(=O)Nc3ccccc3OC)=C(C)Nc3nc(SCC)nn32)cc1. The van der Waals surface area contributed by atoms with E-state index in [9.17, 15) is 4.79 Å². The van der Waals surface area contributed by atoms with Crippen LogP contribution in [0.25, 0.3) is 0 Å². The Morgan fingerprint density at radius 3 is 2.64 bits per heavy atom. The lowest BCUT2D eigenvalue weighted by Gasteiger charge is -2.29. The van der Waals surface area contributed by atoms with Gasteiger partial charge in [0.15, 0.2) is 0 Å². The molecule has 2 aromatic carbocycles. The second-order valence-electron chi connectivity index (χ2n) is 7.32. The molecule has 1 aliphatic rings. The zero-order valence-corrected chi connectivity index (χ0v) is 19.9. The molecule has 3 aromatic rings. The van der Waals surface area contributed by atoms with Gasteiger partial charge in [-0.2, -0.15) is 4.98 Å². The smallest absolute Gasteiger partial charge is 0.255 e. The number of anilines is 2. The number of benzene rings is 2. The Balaban J connectivity index is 1.76. The van der Waals surface area contributed by atoms with Crippen LogP contribution in [0.4, 0.5) is 11.6 Å². The average Bonchev–Trinajstić information content (AvgIpc) is 3.21. The number of rotatable bonds is 8. The molecule has 1 aliphatic heterocycles. The molecule has 0 fully saturated rings. The van der Waals surface area contributed by atoms with Crippen LogP contribution in [-0.2, 0) is 4.79 Å². The minimum Gasteiger partial charge on any atom is -0.495 e. The minimum absolute atomic E-state index is 0.241. The zero-order chi connectivity index (χ0) is 23.4. The molecule has 172 valence electrons. The Bertz CT molecular complexity index is 1170. The zero-order valence-electron chi connectivity index (χ0n) is 19.1. The van der Waals surface area contributed by atoms with Crippen LogP contribution in [-0.4, -0.2) is 40.1 Å². The molecule has 1 aromatic heterocycles. The first-order valence-corrected chi connectivity index (χ1v) is 11.8. The van der Waals surface area contributed by atoms with Crippen molar-refractivity contribution in [3.63, 3.8) is 0 Å². The van der Waals surface area contributed by atoms with E-state index < -0.39 is 6.04 Å². The number of hydrogen-bond acceptors (Lipinski definition) is 7. The van der Waals surface area contributed by atoms with Crippen molar-refractivity contribution in [2.24, 2.45) is 0 Å². The van der Waals surface area contributed by atoms with Crippen molar-refractivity contribution in [1.29, 1.82) is 0 Å². The van der Waals surface area contributed by atoms with Crippen molar-refractivity contribution >= 4 is 29.3 Å². The van der Waals surface area contributed by atoms with Gasteiger partial charge in [-0.1, -0.05) is 43.0 Å². The van der Waals surface area contributed by atoms with Gasteiger partial charge in [0.05, 0.1) is 25.0 Å². The number of carbonyl (C=O) groups excluding carboxylic acids is 1. The monoisotopic (exact) mass is 465 g/mol. The van der Waals surface area contributed by atoms with Gasteiger partial charge in [0.1, 0.15) is 17.5 Å². The highest BCUT2D eigenvalue weighted by atomic mass is 32.2. The van der Waals surface area contributed by atoms with Gasteiger partial charge in [-0.3, -0.25) is 4.79 Å². The molecule has 0 saturated heterocycles. The number of nitrogens with zero attached hydrogens (tertiary/aromatic N) is 3. The molecule has 0 saturated carbocycles. The van der Waals surface area contributed by atoms with E-state index in [0.717, 1.165) is 17.1 Å². The van der Waals surface area contributed by atoms with E-state index in [2.05, 4.69) is 22.5 Å². The molecule has 2 N–H and O–H groups in total. The molecule has 1 unspecified atom stereocenters. The van der Waals surface area contributed by atoms with E-state index in [0.29, 0.717) is 40.4 Å². The largest absolute Gasteiger partial charge is 0.495 e. The van der Waals surface area contributed by atoms with Gasteiger partial charge >= 0.3 is 0 Å². The third kappa shape index (κ3) is 4.68. The highest BCUT2D eigenvalue weighted by molar-refractivity contribution is 7.99. The van der Waals surface area contributed by atoms with Gasteiger partial charge in [-0.15, -0.1) is 5.10 Å². The van der Waals surface area contributed by atoms with Crippen LogP contribution in [0.2, 0.25) is 0 Å². The molecule has 1 atom stereocenters. The van der Waals surface area contributed by atoms with Crippen LogP contribution in [0.15, 0.2) is 65.0 Å². The number of amides is 1. The standard InChI is InChI=1S/C24H27N5O3S/c1-5-32-17-13-11-16(12-14-17)21-20(22(30)26-18-9-7-8-10-19(18)31-4)15(3)25-23-27-24(33-6-2)28-29(21)23/h7-14,21H,5-6H2,1-4H3,(H,26,30)(H,25,27,28). The van der Waals surface area contributed by atoms with E-state index in [1.165, 1.54) is 0 Å². The van der Waals surface area contributed by atoms with Crippen molar-refractivity contribution in [2.45, 2.75) is 32.0 Å². The molecule has 2 heterocycles. The fourth-order valence-corrected chi connectivity index (χ4v) is 4.33. The summed E-state index contributed by atoms with van der Waals surface area (Å²) in [4.78, 5) is 18.2. The Hall–Kier alpha value is -3.46. The molecule has 0 spiro atoms. The first kappa shape index (κ1) is 22.7. The summed E-state index contributed by atoms with van der Waals surface area (Å²) in [6.07, 6.45) is 0. The van der Waals surface area contributed by atoms with Gasteiger partial charge in [-0.05, 0) is 49.4 Å². The van der Waals surface area contributed by atoms with E-state index in [4.69, 9.17) is 14.6 Å². The molecule has 0 radical (unpaired) electrons. The Labute approximate surface area is 197 Å². The van der Waals surface area contributed by atoms with Crippen molar-refractivity contribution < 1.29 is 14.3 Å². The van der Waals surface area contributed by atoms with Crippen LogP contribution in [0.5, 0.6) is 11.5 Å². The Kier molecular flexibility index (Phi) is 6.88. The number of hydrogen-bond donors (Lipinski definition) is 2. The van der Waals surface area contributed by atoms with Gasteiger partial charge in [0.25, 0.3) is 5.91 Å². The van der Waals surface area contributed by atoms with Crippen LogP contribution < -0.4 is 20.1 Å². The first-order valence-electron chi connectivity index (χ1n) is 10.8. The third-order valence-electron chi connectivity index (χ3n) is 5.21. The van der Waals surface area contributed by atoms with Crippen molar-refractivity contribution in [1.82, 2.24) is 14.8 Å². The van der Waals surface area contributed by atoms with Crippen LogP contribution in [0, 0.1) is 0 Å². The lowest BCUT2D eigenvalue weighted by Crippen LogP contribution is -2.31. The number of allylic oxidation sites excluding steroid dienone is 1. The van der Waals surface area contributed by atoms with E-state index in [-0.39, 0.29) is 5.91 Å². The van der Waals surface area contributed by atoms with E-state index in [1.807, 2.05) is 62.4 Å². The van der Waals surface area contributed by atoms with Crippen LogP contribution in [0.1, 0.15) is 32.4 Å². The summed E-state index contributed by atoms with van der Waals surface area (Å²) in [5, 5.41) is 11.6. The number of para-hydroxylation sites is 2. The topological polar surface area (TPSA) is 90.3 Å². The number of methoxy groups -OCH3 is 1. The fourth-order valence-electron chi connectivity index (χ4n) is 3.77. The summed E-state index contributed by atoms with van der Waals surface area (Å²) in [5.41, 5.74) is 2.77. The number of carbonyl (C=O) groups is 1. The van der Waals surface area contributed by atoms with Gasteiger partial charge in [0, 0.05) is 5.70 Å². The quantitative estimate of drug-likeness (QED) is 0.465. The maximum atomic E-state index is 13.6. The Morgan fingerprint density at radius 1 is 1.18 bits per heavy atom. The highest BCUT2D eigenvalue weighted by Gasteiger charge is 2.34. The first-order chi connectivity index (χ1) is 16.0. The fraction of sp³-hybridized carbons (Fsp3) is 0.292. The van der Waals surface area contributed by atoms with Crippen LogP contribution in [0.3, 0.4) is 0 Å². The predicted molar refractivity (Wildman–Crippen MR) is 130 cm³/mol. The number of thioether (sulfide) groups is 1. The molecule has 1 amide bonds. The summed E-state index contributed by atoms with van der Waals surface area (Å²) in [6, 6.07) is 14.6. The number of ether oxygens (including phenoxy) is 2. The predicted octanol–water partition coefficient (Wildman–Crippen LogP) is 4.73. The molecule has 9 heteroatoms. The normalized spacial score (nSPS) is 15.0. The second-order valence-corrected chi connectivity index (χ2v) is 8.55. The molecule has 0 bridgehead atoms. The lowest BCUT2D eigenvalue weighted by atomic mass is 9.95. The summed E-state index contributed by atoms with van der Waals surface area (Å²) < 4.78 is 12.8. The summed E-state index contributed by atoms with van der Waals surface area (Å²) >= 11 is 1.55. The molecular formula is C24H27N5O3S. The van der Waals surface area contributed by atoms with E-state index in [1.54, 1.807) is 23.6 Å². The van der Waals surface area contributed by atoms with Crippen molar-refractivity contribution in [2.75, 3.05) is 30.1 Å². The second kappa shape index (κ2) is 9.99. The van der Waals surface area contributed by atoms with Crippen LogP contribution >= 0.6 is 11.8 Å². The minimum atomic E-state index is -0.453.